The predicted molar refractivity (Wildman–Crippen MR) is 100 cm³/mol. The minimum Gasteiger partial charge on any atom is -0.396 e. The fraction of sp³-hybridized carbons (Fsp3) is 0.421. The number of para-hydroxylation sites is 2. The van der Waals surface area contributed by atoms with Gasteiger partial charge in [0.05, 0.1) is 16.3 Å². The Balaban J connectivity index is 1.76. The number of carbonyl (C=O) groups excluding carboxylic acids is 1. The van der Waals surface area contributed by atoms with E-state index < -0.39 is 0 Å². The van der Waals surface area contributed by atoms with Gasteiger partial charge >= 0.3 is 0 Å². The Morgan fingerprint density at radius 2 is 2.00 bits per heavy atom. The van der Waals surface area contributed by atoms with Crippen LogP contribution in [0.1, 0.15) is 33.0 Å². The van der Waals surface area contributed by atoms with Crippen LogP contribution in [0.2, 0.25) is 0 Å². The van der Waals surface area contributed by atoms with E-state index in [9.17, 15) is 9.90 Å². The molecular formula is C19H24N2O2S. The smallest absolute Gasteiger partial charge is 0.265 e. The number of aliphatic hydroxyl groups is 1. The van der Waals surface area contributed by atoms with Crippen molar-refractivity contribution in [3.05, 3.63) is 45.6 Å². The largest absolute Gasteiger partial charge is 0.396 e. The number of carbonyl (C=O) groups is 1. The average molecular weight is 344 g/mol. The Hall–Kier alpha value is -1.85. The number of hydrogen-bond acceptors (Lipinski definition) is 4. The molecule has 0 bridgehead atoms. The molecule has 1 aliphatic rings. The summed E-state index contributed by atoms with van der Waals surface area (Å²) in [6, 6.07) is 9.91. The second-order valence-corrected chi connectivity index (χ2v) is 7.69. The highest BCUT2D eigenvalue weighted by molar-refractivity contribution is 7.14. The van der Waals surface area contributed by atoms with Gasteiger partial charge in [0.1, 0.15) is 0 Å². The van der Waals surface area contributed by atoms with Crippen LogP contribution in [0.5, 0.6) is 0 Å². The fourth-order valence-electron chi connectivity index (χ4n) is 3.08. The van der Waals surface area contributed by atoms with E-state index in [0.717, 1.165) is 47.7 Å². The third-order valence-corrected chi connectivity index (χ3v) is 5.91. The van der Waals surface area contributed by atoms with Crippen molar-refractivity contribution >= 4 is 28.6 Å². The van der Waals surface area contributed by atoms with Crippen molar-refractivity contribution < 1.29 is 9.90 Å². The van der Waals surface area contributed by atoms with E-state index in [1.807, 2.05) is 38.1 Å². The minimum atomic E-state index is -0.0473. The summed E-state index contributed by atoms with van der Waals surface area (Å²) in [4.78, 5) is 16.8. The number of aryl methyl sites for hydroxylation is 2. The summed E-state index contributed by atoms with van der Waals surface area (Å²) in [6.07, 6.45) is 1.98. The molecule has 2 heterocycles. The van der Waals surface area contributed by atoms with Crippen LogP contribution >= 0.6 is 11.3 Å². The Morgan fingerprint density at radius 3 is 2.62 bits per heavy atom. The maximum Gasteiger partial charge on any atom is 0.265 e. The van der Waals surface area contributed by atoms with Gasteiger partial charge < -0.3 is 15.3 Å². The van der Waals surface area contributed by atoms with Gasteiger partial charge in [-0.05, 0) is 56.4 Å². The maximum atomic E-state index is 12.6. The SMILES string of the molecule is Cc1cc(C(=O)Nc2ccccc2N2CCC(CO)CC2)sc1C. The number of anilines is 2. The van der Waals surface area contributed by atoms with E-state index >= 15 is 0 Å². The van der Waals surface area contributed by atoms with Crippen LogP contribution in [-0.2, 0) is 0 Å². The number of hydrogen-bond donors (Lipinski definition) is 2. The van der Waals surface area contributed by atoms with Crippen LogP contribution in [0, 0.1) is 19.8 Å². The molecular weight excluding hydrogens is 320 g/mol. The monoisotopic (exact) mass is 344 g/mol. The van der Waals surface area contributed by atoms with Gasteiger partial charge in [-0.2, -0.15) is 0 Å². The summed E-state index contributed by atoms with van der Waals surface area (Å²) >= 11 is 1.53. The summed E-state index contributed by atoms with van der Waals surface area (Å²) < 4.78 is 0. The van der Waals surface area contributed by atoms with Gasteiger partial charge in [-0.3, -0.25) is 4.79 Å². The lowest BCUT2D eigenvalue weighted by atomic mass is 9.97. The Labute approximate surface area is 147 Å². The lowest BCUT2D eigenvalue weighted by Crippen LogP contribution is -2.35. The standard InChI is InChI=1S/C19H24N2O2S/c1-13-11-18(24-14(13)2)19(23)20-16-5-3-4-6-17(16)21-9-7-15(12-22)8-10-21/h3-6,11,15,22H,7-10,12H2,1-2H3,(H,20,23). The quantitative estimate of drug-likeness (QED) is 0.886. The first kappa shape index (κ1) is 17.0. The molecule has 1 aromatic carbocycles. The number of benzene rings is 1. The van der Waals surface area contributed by atoms with Crippen LogP contribution in [0.25, 0.3) is 0 Å². The highest BCUT2D eigenvalue weighted by Gasteiger charge is 2.21. The molecule has 0 radical (unpaired) electrons. The summed E-state index contributed by atoms with van der Waals surface area (Å²) in [5.41, 5.74) is 3.07. The second-order valence-electron chi connectivity index (χ2n) is 6.43. The number of rotatable bonds is 4. The number of thiophene rings is 1. The van der Waals surface area contributed by atoms with E-state index in [1.54, 1.807) is 0 Å². The number of nitrogens with one attached hydrogen (secondary N) is 1. The van der Waals surface area contributed by atoms with Crippen molar-refractivity contribution in [3.8, 4) is 0 Å². The van der Waals surface area contributed by atoms with E-state index in [1.165, 1.54) is 16.2 Å². The van der Waals surface area contributed by atoms with Crippen LogP contribution < -0.4 is 10.2 Å². The van der Waals surface area contributed by atoms with E-state index in [0.29, 0.717) is 5.92 Å². The molecule has 24 heavy (non-hydrogen) atoms. The number of aliphatic hydroxyl groups excluding tert-OH is 1. The van der Waals surface area contributed by atoms with Crippen molar-refractivity contribution in [2.45, 2.75) is 26.7 Å². The van der Waals surface area contributed by atoms with Crippen LogP contribution in [0.4, 0.5) is 11.4 Å². The van der Waals surface area contributed by atoms with Gasteiger partial charge in [-0.1, -0.05) is 12.1 Å². The average Bonchev–Trinajstić information content (AvgIpc) is 2.95. The normalized spacial score (nSPS) is 15.5. The van der Waals surface area contributed by atoms with Gasteiger partial charge in [0.25, 0.3) is 5.91 Å². The third-order valence-electron chi connectivity index (χ3n) is 4.76. The summed E-state index contributed by atoms with van der Waals surface area (Å²) in [5, 5.41) is 12.4. The lowest BCUT2D eigenvalue weighted by Gasteiger charge is -2.34. The van der Waals surface area contributed by atoms with Gasteiger partial charge in [0.15, 0.2) is 0 Å². The zero-order chi connectivity index (χ0) is 17.1. The Kier molecular flexibility index (Phi) is 5.21. The first-order valence-corrected chi connectivity index (χ1v) is 9.23. The van der Waals surface area contributed by atoms with Crippen molar-refractivity contribution in [2.24, 2.45) is 5.92 Å². The molecule has 0 saturated carbocycles. The summed E-state index contributed by atoms with van der Waals surface area (Å²) in [5.74, 6) is 0.356. The van der Waals surface area contributed by atoms with Gasteiger partial charge in [-0.25, -0.2) is 0 Å². The molecule has 0 atom stereocenters. The highest BCUT2D eigenvalue weighted by Crippen LogP contribution is 2.30. The maximum absolute atomic E-state index is 12.6. The summed E-state index contributed by atoms with van der Waals surface area (Å²) in [7, 11) is 0. The molecule has 1 aliphatic heterocycles. The van der Waals surface area contributed by atoms with E-state index in [2.05, 4.69) is 16.3 Å². The summed E-state index contributed by atoms with van der Waals surface area (Å²) in [6.45, 7) is 6.16. The number of amides is 1. The first-order valence-electron chi connectivity index (χ1n) is 8.41. The molecule has 1 amide bonds. The zero-order valence-corrected chi connectivity index (χ0v) is 15.0. The van der Waals surface area contributed by atoms with Crippen LogP contribution in [0.3, 0.4) is 0 Å². The molecule has 1 saturated heterocycles. The molecule has 0 unspecified atom stereocenters. The molecule has 5 heteroatoms. The van der Waals surface area contributed by atoms with Gasteiger partial charge in [0, 0.05) is 24.6 Å². The highest BCUT2D eigenvalue weighted by atomic mass is 32.1. The molecule has 4 nitrogen and oxygen atoms in total. The van der Waals surface area contributed by atoms with Crippen LogP contribution in [-0.4, -0.2) is 30.7 Å². The molecule has 128 valence electrons. The lowest BCUT2D eigenvalue weighted by molar-refractivity contribution is 0.103. The Morgan fingerprint density at radius 1 is 1.29 bits per heavy atom. The molecule has 2 aromatic rings. The number of nitrogens with zero attached hydrogens (tertiary/aromatic N) is 1. The minimum absolute atomic E-state index is 0.0473. The van der Waals surface area contributed by atoms with Crippen molar-refractivity contribution in [2.75, 3.05) is 29.9 Å². The van der Waals surface area contributed by atoms with Gasteiger partial charge in [-0.15, -0.1) is 11.3 Å². The second kappa shape index (κ2) is 7.36. The molecule has 3 rings (SSSR count). The fourth-order valence-corrected chi connectivity index (χ4v) is 4.01. The molecule has 0 aliphatic carbocycles. The van der Waals surface area contributed by atoms with Gasteiger partial charge in [0.2, 0.25) is 0 Å². The van der Waals surface area contributed by atoms with E-state index in [-0.39, 0.29) is 12.5 Å². The van der Waals surface area contributed by atoms with Crippen LogP contribution in [0.15, 0.2) is 30.3 Å². The molecule has 1 fully saturated rings. The zero-order valence-electron chi connectivity index (χ0n) is 14.2. The molecule has 2 N–H and O–H groups in total. The topological polar surface area (TPSA) is 52.6 Å². The van der Waals surface area contributed by atoms with Crippen molar-refractivity contribution in [1.29, 1.82) is 0 Å². The predicted octanol–water partition coefficient (Wildman–Crippen LogP) is 3.83. The van der Waals surface area contributed by atoms with Crippen molar-refractivity contribution in [1.82, 2.24) is 0 Å². The molecule has 0 spiro atoms. The van der Waals surface area contributed by atoms with E-state index in [4.69, 9.17) is 0 Å². The Bertz CT molecular complexity index is 698. The number of piperidine rings is 1. The molecule has 1 aromatic heterocycles. The first-order chi connectivity index (χ1) is 11.6. The third kappa shape index (κ3) is 3.62. The van der Waals surface area contributed by atoms with Crippen molar-refractivity contribution in [3.63, 3.8) is 0 Å².